The summed E-state index contributed by atoms with van der Waals surface area (Å²) >= 11 is 0. The molecule has 120 valence electrons. The van der Waals surface area contributed by atoms with Crippen molar-refractivity contribution in [2.45, 2.75) is 13.0 Å². The number of para-hydroxylation sites is 1. The van der Waals surface area contributed by atoms with Crippen molar-refractivity contribution in [1.29, 1.82) is 0 Å². The second-order valence-corrected chi connectivity index (χ2v) is 5.76. The first kappa shape index (κ1) is 14.5. The zero-order valence-corrected chi connectivity index (χ0v) is 13.2. The van der Waals surface area contributed by atoms with Gasteiger partial charge in [-0.05, 0) is 47.9 Å². The lowest BCUT2D eigenvalue weighted by Gasteiger charge is -2.06. The van der Waals surface area contributed by atoms with Gasteiger partial charge in [-0.1, -0.05) is 18.2 Å². The van der Waals surface area contributed by atoms with E-state index in [2.05, 4.69) is 4.98 Å². The first-order valence-electron chi connectivity index (χ1n) is 7.75. The number of rotatable bonds is 2. The van der Waals surface area contributed by atoms with Crippen LogP contribution in [-0.2, 0) is 6.54 Å². The zero-order valence-electron chi connectivity index (χ0n) is 13.2. The van der Waals surface area contributed by atoms with Gasteiger partial charge in [0.05, 0.1) is 18.0 Å². The Kier molecular flexibility index (Phi) is 3.34. The van der Waals surface area contributed by atoms with E-state index < -0.39 is 0 Å². The van der Waals surface area contributed by atoms with Gasteiger partial charge in [0.25, 0.3) is 5.56 Å². The minimum absolute atomic E-state index is 0.00212. The van der Waals surface area contributed by atoms with Crippen molar-refractivity contribution in [3.8, 4) is 11.5 Å². The van der Waals surface area contributed by atoms with Crippen LogP contribution in [0, 0.1) is 0 Å². The third-order valence-corrected chi connectivity index (χ3v) is 4.30. The van der Waals surface area contributed by atoms with Crippen molar-refractivity contribution in [2.75, 3.05) is 7.11 Å². The number of aromatic nitrogens is 2. The average Bonchev–Trinajstić information content (AvgIpc) is 3.00. The number of allylic oxidation sites excluding steroid dienone is 1. The molecule has 0 aliphatic carbocycles. The number of hydrogen-bond acceptors (Lipinski definition) is 4. The van der Waals surface area contributed by atoms with E-state index in [-0.39, 0.29) is 11.3 Å². The van der Waals surface area contributed by atoms with Crippen LogP contribution >= 0.6 is 0 Å². The third-order valence-electron chi connectivity index (χ3n) is 4.30. The Morgan fingerprint density at radius 2 is 2.08 bits per heavy atom. The topological polar surface area (TPSA) is 64.4 Å². The molecule has 0 spiro atoms. The van der Waals surface area contributed by atoms with Crippen LogP contribution in [0.25, 0.3) is 22.6 Å². The van der Waals surface area contributed by atoms with Gasteiger partial charge >= 0.3 is 0 Å². The van der Waals surface area contributed by atoms with Gasteiger partial charge in [-0.3, -0.25) is 9.36 Å². The fraction of sp³-hybridized carbons (Fsp3) is 0.158. The lowest BCUT2D eigenvalue weighted by atomic mass is 10.1. The van der Waals surface area contributed by atoms with Crippen LogP contribution in [-0.4, -0.2) is 21.8 Å². The normalized spacial score (nSPS) is 15.0. The zero-order chi connectivity index (χ0) is 16.7. The average molecular weight is 320 g/mol. The molecule has 2 aromatic carbocycles. The molecule has 24 heavy (non-hydrogen) atoms. The van der Waals surface area contributed by atoms with Crippen LogP contribution in [0.15, 0.2) is 47.3 Å². The number of fused-ring (bicyclic) bond motifs is 2. The third kappa shape index (κ3) is 2.25. The molecule has 2 heterocycles. The molecule has 5 heteroatoms. The molecule has 0 amide bonds. The number of nitrogens with zero attached hydrogens (tertiary/aromatic N) is 2. The predicted octanol–water partition coefficient (Wildman–Crippen LogP) is 3.06. The van der Waals surface area contributed by atoms with Crippen LogP contribution in [0.2, 0.25) is 0 Å². The van der Waals surface area contributed by atoms with E-state index in [9.17, 15) is 9.90 Å². The molecule has 1 N–H and O–H groups in total. The summed E-state index contributed by atoms with van der Waals surface area (Å²) < 4.78 is 6.87. The van der Waals surface area contributed by atoms with Gasteiger partial charge in [0, 0.05) is 6.54 Å². The molecule has 0 unspecified atom stereocenters. The quantitative estimate of drug-likeness (QED) is 0.788. The maximum absolute atomic E-state index is 12.6. The summed E-state index contributed by atoms with van der Waals surface area (Å²) in [6.45, 7) is 0.632. The number of phenols is 1. The van der Waals surface area contributed by atoms with Crippen molar-refractivity contribution < 1.29 is 9.84 Å². The van der Waals surface area contributed by atoms with Crippen LogP contribution < -0.4 is 10.3 Å². The Labute approximate surface area is 138 Å². The lowest BCUT2D eigenvalue weighted by Crippen LogP contribution is -2.20. The van der Waals surface area contributed by atoms with Crippen molar-refractivity contribution >= 4 is 22.6 Å². The molecule has 3 aromatic rings. The molecule has 0 radical (unpaired) electrons. The van der Waals surface area contributed by atoms with Gasteiger partial charge < -0.3 is 9.84 Å². The fourth-order valence-electron chi connectivity index (χ4n) is 3.09. The largest absolute Gasteiger partial charge is 0.504 e. The summed E-state index contributed by atoms with van der Waals surface area (Å²) in [6.07, 6.45) is 2.74. The van der Waals surface area contributed by atoms with E-state index in [4.69, 9.17) is 4.74 Å². The summed E-state index contributed by atoms with van der Waals surface area (Å²) in [5, 5.41) is 10.4. The molecule has 0 saturated carbocycles. The Morgan fingerprint density at radius 3 is 2.92 bits per heavy atom. The minimum Gasteiger partial charge on any atom is -0.504 e. The maximum atomic E-state index is 12.6. The maximum Gasteiger partial charge on any atom is 0.261 e. The van der Waals surface area contributed by atoms with Crippen LogP contribution in [0.5, 0.6) is 11.5 Å². The van der Waals surface area contributed by atoms with E-state index in [0.29, 0.717) is 29.0 Å². The van der Waals surface area contributed by atoms with Crippen molar-refractivity contribution in [3.63, 3.8) is 0 Å². The standard InChI is InChI=1S/C19H16N2O3/c1-24-17-11-12(6-7-16(17)22)10-13-8-9-21-18(13)20-15-5-3-2-4-14(15)19(21)23/h2-7,10-11,22H,8-9H2,1H3. The Hall–Kier alpha value is -3.08. The smallest absolute Gasteiger partial charge is 0.261 e. The molecule has 0 atom stereocenters. The first-order valence-corrected chi connectivity index (χ1v) is 7.75. The second-order valence-electron chi connectivity index (χ2n) is 5.76. The molecule has 1 aromatic heterocycles. The van der Waals surface area contributed by atoms with Crippen molar-refractivity contribution in [1.82, 2.24) is 9.55 Å². The summed E-state index contributed by atoms with van der Waals surface area (Å²) in [4.78, 5) is 17.3. The summed E-state index contributed by atoms with van der Waals surface area (Å²) in [5.41, 5.74) is 2.62. The van der Waals surface area contributed by atoms with E-state index in [0.717, 1.165) is 17.6 Å². The molecule has 0 saturated heterocycles. The minimum atomic E-state index is 0.00212. The van der Waals surface area contributed by atoms with E-state index in [1.807, 2.05) is 36.4 Å². The second kappa shape index (κ2) is 5.53. The highest BCUT2D eigenvalue weighted by Crippen LogP contribution is 2.31. The number of hydrogen-bond donors (Lipinski definition) is 1. The van der Waals surface area contributed by atoms with Gasteiger partial charge in [-0.15, -0.1) is 0 Å². The monoisotopic (exact) mass is 320 g/mol. The Bertz CT molecular complexity index is 1030. The van der Waals surface area contributed by atoms with Gasteiger partial charge in [0.15, 0.2) is 11.5 Å². The predicted molar refractivity (Wildman–Crippen MR) is 93.1 cm³/mol. The summed E-state index contributed by atoms with van der Waals surface area (Å²) in [7, 11) is 1.52. The number of ether oxygens (including phenoxy) is 1. The van der Waals surface area contributed by atoms with Crippen LogP contribution in [0.3, 0.4) is 0 Å². The molecule has 0 fully saturated rings. The molecule has 1 aliphatic heterocycles. The summed E-state index contributed by atoms with van der Waals surface area (Å²) in [6, 6.07) is 12.6. The van der Waals surface area contributed by atoms with Crippen molar-refractivity contribution in [2.24, 2.45) is 0 Å². The molecule has 0 bridgehead atoms. The number of benzene rings is 2. The lowest BCUT2D eigenvalue weighted by molar-refractivity contribution is 0.373. The van der Waals surface area contributed by atoms with Gasteiger partial charge in [-0.2, -0.15) is 0 Å². The number of aromatic hydroxyl groups is 1. The van der Waals surface area contributed by atoms with E-state index in [1.54, 1.807) is 16.7 Å². The van der Waals surface area contributed by atoms with Gasteiger partial charge in [-0.25, -0.2) is 4.98 Å². The van der Waals surface area contributed by atoms with Gasteiger partial charge in [0.2, 0.25) is 0 Å². The Morgan fingerprint density at radius 1 is 1.25 bits per heavy atom. The fourth-order valence-corrected chi connectivity index (χ4v) is 3.09. The van der Waals surface area contributed by atoms with E-state index >= 15 is 0 Å². The number of phenolic OH excluding ortho intramolecular Hbond substituents is 1. The number of methoxy groups -OCH3 is 1. The molecule has 5 nitrogen and oxygen atoms in total. The highest BCUT2D eigenvalue weighted by molar-refractivity contribution is 5.85. The molecule has 4 rings (SSSR count). The molecular formula is C19H16N2O3. The summed E-state index contributed by atoms with van der Waals surface area (Å²) in [5.74, 6) is 1.24. The van der Waals surface area contributed by atoms with Crippen LogP contribution in [0.1, 0.15) is 17.8 Å². The van der Waals surface area contributed by atoms with Crippen LogP contribution in [0.4, 0.5) is 0 Å². The SMILES string of the molecule is COc1cc(C=C2CCn3c2nc2ccccc2c3=O)ccc1O. The highest BCUT2D eigenvalue weighted by atomic mass is 16.5. The Balaban J connectivity index is 1.85. The van der Waals surface area contributed by atoms with Crippen molar-refractivity contribution in [3.05, 3.63) is 64.2 Å². The van der Waals surface area contributed by atoms with E-state index in [1.165, 1.54) is 7.11 Å². The molecular weight excluding hydrogens is 304 g/mol. The van der Waals surface area contributed by atoms with Gasteiger partial charge in [0.1, 0.15) is 5.82 Å². The highest BCUT2D eigenvalue weighted by Gasteiger charge is 2.20. The first-order chi connectivity index (χ1) is 11.7. The molecule has 1 aliphatic rings.